The van der Waals surface area contributed by atoms with Crippen LogP contribution in [0.3, 0.4) is 0 Å². The molecule has 1 aromatic heterocycles. The number of nitrogens with one attached hydrogen (secondary N) is 1. The molecule has 7 nitrogen and oxygen atoms in total. The second-order valence-electron chi connectivity index (χ2n) is 4.65. The van der Waals surface area contributed by atoms with Gasteiger partial charge >= 0.3 is 0 Å². The maximum Gasteiger partial charge on any atom is 0.245 e. The van der Waals surface area contributed by atoms with E-state index in [0.717, 1.165) is 13.0 Å². The molecule has 2 heterocycles. The molecule has 0 amide bonds. The summed E-state index contributed by atoms with van der Waals surface area (Å²) in [7, 11) is 0. The lowest BCUT2D eigenvalue weighted by molar-refractivity contribution is 0.453. The number of aromatic hydroxyl groups is 2. The van der Waals surface area contributed by atoms with Gasteiger partial charge in [-0.2, -0.15) is 4.98 Å². The molecule has 5 N–H and O–H groups in total. The van der Waals surface area contributed by atoms with Gasteiger partial charge in [-0.25, -0.2) is 0 Å². The van der Waals surface area contributed by atoms with Crippen molar-refractivity contribution in [2.75, 3.05) is 18.0 Å². The Kier molecular flexibility index (Phi) is 2.75. The summed E-state index contributed by atoms with van der Waals surface area (Å²) in [6.07, 6.45) is 0.908. The number of anilines is 1. The third-order valence-corrected chi connectivity index (χ3v) is 3.24. The fourth-order valence-electron chi connectivity index (χ4n) is 2.25. The first-order chi connectivity index (χ1) is 9.15. The standard InChI is InChI=1S/C12H15N5O2/c13-7-4-5-17(6-7)12-14-11(15-16-12)10-8(18)2-1-3-9(10)19/h1-3,7,18-19H,4-6,13H2,(H,14,15,16). The van der Waals surface area contributed by atoms with Gasteiger partial charge in [0.05, 0.1) is 0 Å². The molecule has 1 aliphatic heterocycles. The van der Waals surface area contributed by atoms with Crippen LogP contribution in [0.2, 0.25) is 0 Å². The number of H-pyrrole nitrogens is 1. The van der Waals surface area contributed by atoms with Crippen molar-refractivity contribution in [2.24, 2.45) is 5.73 Å². The number of nitrogens with zero attached hydrogens (tertiary/aromatic N) is 3. The molecule has 1 aliphatic rings. The van der Waals surface area contributed by atoms with E-state index in [1.807, 2.05) is 4.90 Å². The Hall–Kier alpha value is -2.28. The van der Waals surface area contributed by atoms with Crippen molar-refractivity contribution < 1.29 is 10.2 Å². The molecule has 0 radical (unpaired) electrons. The highest BCUT2D eigenvalue weighted by Crippen LogP contribution is 2.35. The molecule has 19 heavy (non-hydrogen) atoms. The number of benzene rings is 1. The van der Waals surface area contributed by atoms with Crippen LogP contribution in [-0.2, 0) is 0 Å². The van der Waals surface area contributed by atoms with Crippen LogP contribution in [0.15, 0.2) is 18.2 Å². The maximum absolute atomic E-state index is 9.78. The molecule has 7 heteroatoms. The van der Waals surface area contributed by atoms with Crippen LogP contribution in [0, 0.1) is 0 Å². The Morgan fingerprint density at radius 1 is 1.32 bits per heavy atom. The molecule has 3 rings (SSSR count). The number of aromatic amines is 1. The minimum Gasteiger partial charge on any atom is -0.507 e. The number of phenols is 2. The Balaban J connectivity index is 1.93. The van der Waals surface area contributed by atoms with Crippen LogP contribution in [0.4, 0.5) is 5.95 Å². The summed E-state index contributed by atoms with van der Waals surface area (Å²) >= 11 is 0. The topological polar surface area (TPSA) is 111 Å². The molecule has 0 spiro atoms. The van der Waals surface area contributed by atoms with Gasteiger partial charge in [-0.3, -0.25) is 5.10 Å². The molecule has 1 atom stereocenters. The predicted molar refractivity (Wildman–Crippen MR) is 70.0 cm³/mol. The highest BCUT2D eigenvalue weighted by Gasteiger charge is 2.23. The molecule has 0 aliphatic carbocycles. The maximum atomic E-state index is 9.78. The minimum absolute atomic E-state index is 0.0409. The summed E-state index contributed by atoms with van der Waals surface area (Å²) in [6.45, 7) is 1.52. The van der Waals surface area contributed by atoms with E-state index in [0.29, 0.717) is 18.3 Å². The van der Waals surface area contributed by atoms with E-state index >= 15 is 0 Å². The van der Waals surface area contributed by atoms with Crippen molar-refractivity contribution in [3.63, 3.8) is 0 Å². The van der Waals surface area contributed by atoms with Gasteiger partial charge in [-0.1, -0.05) is 6.07 Å². The first-order valence-electron chi connectivity index (χ1n) is 6.09. The molecular formula is C12H15N5O2. The second-order valence-corrected chi connectivity index (χ2v) is 4.65. The molecule has 1 unspecified atom stereocenters. The average molecular weight is 261 g/mol. The number of rotatable bonds is 2. The van der Waals surface area contributed by atoms with Crippen molar-refractivity contribution in [1.29, 1.82) is 0 Å². The summed E-state index contributed by atoms with van der Waals surface area (Å²) in [4.78, 5) is 6.28. The van der Waals surface area contributed by atoms with Gasteiger partial charge in [0.15, 0.2) is 5.82 Å². The van der Waals surface area contributed by atoms with E-state index in [-0.39, 0.29) is 23.1 Å². The normalized spacial score (nSPS) is 19.0. The van der Waals surface area contributed by atoms with Crippen LogP contribution in [-0.4, -0.2) is 44.5 Å². The van der Waals surface area contributed by atoms with Crippen molar-refractivity contribution in [3.8, 4) is 22.9 Å². The number of aromatic nitrogens is 3. The van der Waals surface area contributed by atoms with E-state index < -0.39 is 0 Å². The smallest absolute Gasteiger partial charge is 0.245 e. The quantitative estimate of drug-likeness (QED) is 0.623. The zero-order valence-corrected chi connectivity index (χ0v) is 10.2. The summed E-state index contributed by atoms with van der Waals surface area (Å²) in [5.41, 5.74) is 6.10. The minimum atomic E-state index is -0.0409. The van der Waals surface area contributed by atoms with Crippen molar-refractivity contribution in [3.05, 3.63) is 18.2 Å². The number of phenolic OH excluding ortho intramolecular Hbond substituents is 2. The third kappa shape index (κ3) is 2.08. The highest BCUT2D eigenvalue weighted by atomic mass is 16.3. The summed E-state index contributed by atoms with van der Waals surface area (Å²) < 4.78 is 0. The number of hydrogen-bond donors (Lipinski definition) is 4. The fourth-order valence-corrected chi connectivity index (χ4v) is 2.25. The zero-order chi connectivity index (χ0) is 13.4. The Bertz CT molecular complexity index is 577. The highest BCUT2D eigenvalue weighted by molar-refractivity contribution is 5.71. The van der Waals surface area contributed by atoms with Crippen molar-refractivity contribution in [2.45, 2.75) is 12.5 Å². The molecule has 1 aromatic carbocycles. The Labute approximate surface area is 109 Å². The van der Waals surface area contributed by atoms with Gasteiger partial charge in [0.1, 0.15) is 17.1 Å². The molecule has 2 aromatic rings. The van der Waals surface area contributed by atoms with E-state index in [4.69, 9.17) is 5.73 Å². The summed E-state index contributed by atoms with van der Waals surface area (Å²) in [5, 5.41) is 26.4. The summed E-state index contributed by atoms with van der Waals surface area (Å²) in [6, 6.07) is 4.68. The van der Waals surface area contributed by atoms with E-state index in [1.54, 1.807) is 6.07 Å². The zero-order valence-electron chi connectivity index (χ0n) is 10.2. The number of nitrogens with two attached hydrogens (primary N) is 1. The van der Waals surface area contributed by atoms with E-state index in [1.165, 1.54) is 12.1 Å². The predicted octanol–water partition coefficient (Wildman–Crippen LogP) is 0.420. The average Bonchev–Trinajstić information content (AvgIpc) is 2.98. The molecule has 1 saturated heterocycles. The third-order valence-electron chi connectivity index (χ3n) is 3.24. The molecule has 0 bridgehead atoms. The van der Waals surface area contributed by atoms with Crippen LogP contribution in [0.1, 0.15) is 6.42 Å². The molecular weight excluding hydrogens is 246 g/mol. The van der Waals surface area contributed by atoms with Crippen LogP contribution < -0.4 is 10.6 Å². The molecule has 0 saturated carbocycles. The lowest BCUT2D eigenvalue weighted by atomic mass is 10.1. The van der Waals surface area contributed by atoms with E-state index in [2.05, 4.69) is 15.2 Å². The van der Waals surface area contributed by atoms with Gasteiger partial charge in [-0.15, -0.1) is 5.10 Å². The SMILES string of the molecule is NC1CCN(c2n[nH]c(-c3c(O)cccc3O)n2)C1. The first-order valence-corrected chi connectivity index (χ1v) is 6.09. The molecule has 100 valence electrons. The van der Waals surface area contributed by atoms with Crippen LogP contribution in [0.25, 0.3) is 11.4 Å². The fraction of sp³-hybridized carbons (Fsp3) is 0.333. The van der Waals surface area contributed by atoms with Crippen LogP contribution in [0.5, 0.6) is 11.5 Å². The summed E-state index contributed by atoms with van der Waals surface area (Å²) in [5.74, 6) is 0.790. The van der Waals surface area contributed by atoms with Gasteiger partial charge in [-0.05, 0) is 18.6 Å². The van der Waals surface area contributed by atoms with Crippen LogP contribution >= 0.6 is 0 Å². The first kappa shape index (κ1) is 11.8. The Morgan fingerprint density at radius 2 is 2.05 bits per heavy atom. The number of hydrogen-bond acceptors (Lipinski definition) is 6. The lowest BCUT2D eigenvalue weighted by Crippen LogP contribution is -2.26. The van der Waals surface area contributed by atoms with Crippen molar-refractivity contribution in [1.82, 2.24) is 15.2 Å². The second kappa shape index (κ2) is 4.43. The van der Waals surface area contributed by atoms with E-state index in [9.17, 15) is 10.2 Å². The Morgan fingerprint density at radius 3 is 2.68 bits per heavy atom. The molecule has 1 fully saturated rings. The van der Waals surface area contributed by atoms with Gasteiger partial charge in [0.25, 0.3) is 0 Å². The monoisotopic (exact) mass is 261 g/mol. The van der Waals surface area contributed by atoms with Gasteiger partial charge in [0, 0.05) is 19.1 Å². The largest absolute Gasteiger partial charge is 0.507 e. The van der Waals surface area contributed by atoms with Gasteiger partial charge < -0.3 is 20.8 Å². The lowest BCUT2D eigenvalue weighted by Gasteiger charge is -2.11. The van der Waals surface area contributed by atoms with Crippen molar-refractivity contribution >= 4 is 5.95 Å². The van der Waals surface area contributed by atoms with Gasteiger partial charge in [0.2, 0.25) is 5.95 Å².